The van der Waals surface area contributed by atoms with Gasteiger partial charge in [-0.2, -0.15) is 5.10 Å². The maximum absolute atomic E-state index is 12.0. The van der Waals surface area contributed by atoms with Crippen molar-refractivity contribution in [1.29, 1.82) is 0 Å². The number of thiophene rings is 1. The zero-order valence-electron chi connectivity index (χ0n) is 10.6. The topological polar surface area (TPSA) is 54.6 Å². The number of amides is 1. The maximum atomic E-state index is 12.0. The molecule has 0 fully saturated rings. The average molecular weight is 274 g/mol. The molecule has 0 bridgehead atoms. The number of nitrogens with one attached hydrogen (secondary N) is 1. The highest BCUT2D eigenvalue weighted by Crippen LogP contribution is 2.30. The van der Waals surface area contributed by atoms with Crippen molar-refractivity contribution in [3.05, 3.63) is 45.5 Å². The Hall–Kier alpha value is -1.88. The molecule has 0 radical (unpaired) electrons. The van der Waals surface area contributed by atoms with E-state index in [0.29, 0.717) is 11.5 Å². The van der Waals surface area contributed by atoms with Crippen LogP contribution < -0.4 is 5.43 Å². The van der Waals surface area contributed by atoms with Crippen LogP contribution in [0.2, 0.25) is 0 Å². The summed E-state index contributed by atoms with van der Waals surface area (Å²) < 4.78 is 5.20. The molecule has 98 valence electrons. The second-order valence-corrected chi connectivity index (χ2v) is 5.66. The third kappa shape index (κ3) is 2.46. The van der Waals surface area contributed by atoms with Crippen molar-refractivity contribution < 1.29 is 9.21 Å². The smallest absolute Gasteiger partial charge is 0.281 e. The first kappa shape index (κ1) is 12.2. The minimum Gasteiger partial charge on any atom is -0.463 e. The van der Waals surface area contributed by atoms with Gasteiger partial charge in [0.1, 0.15) is 11.5 Å². The molecule has 0 aliphatic heterocycles. The second kappa shape index (κ2) is 5.01. The Kier molecular flexibility index (Phi) is 3.21. The Morgan fingerprint density at radius 3 is 3.11 bits per heavy atom. The van der Waals surface area contributed by atoms with Crippen LogP contribution in [0, 0.1) is 0 Å². The highest BCUT2D eigenvalue weighted by molar-refractivity contribution is 7.14. The Labute approximate surface area is 115 Å². The molecule has 0 saturated heterocycles. The summed E-state index contributed by atoms with van der Waals surface area (Å²) in [6.07, 6.45) is 4.98. The van der Waals surface area contributed by atoms with E-state index >= 15 is 0 Å². The summed E-state index contributed by atoms with van der Waals surface area (Å²) in [5.74, 6) is 0.513. The number of hydrazone groups is 1. The Balaban J connectivity index is 1.69. The lowest BCUT2D eigenvalue weighted by Gasteiger charge is -1.98. The van der Waals surface area contributed by atoms with Gasteiger partial charge in [-0.15, -0.1) is 11.3 Å². The molecule has 0 atom stereocenters. The van der Waals surface area contributed by atoms with Gasteiger partial charge >= 0.3 is 0 Å². The van der Waals surface area contributed by atoms with E-state index in [9.17, 15) is 4.79 Å². The van der Waals surface area contributed by atoms with Gasteiger partial charge in [-0.25, -0.2) is 5.43 Å². The molecule has 3 rings (SSSR count). The van der Waals surface area contributed by atoms with Crippen LogP contribution in [0.4, 0.5) is 0 Å². The van der Waals surface area contributed by atoms with E-state index in [1.165, 1.54) is 16.9 Å². The number of fused-ring (bicyclic) bond motifs is 1. The fourth-order valence-electron chi connectivity index (χ4n) is 2.17. The molecular weight excluding hydrogens is 260 g/mol. The summed E-state index contributed by atoms with van der Waals surface area (Å²) in [7, 11) is 0. The van der Waals surface area contributed by atoms with Gasteiger partial charge in [-0.05, 0) is 49.9 Å². The first-order chi connectivity index (χ1) is 9.24. The van der Waals surface area contributed by atoms with Gasteiger partial charge in [0, 0.05) is 4.88 Å². The average Bonchev–Trinajstić information content (AvgIpc) is 3.09. The molecule has 1 N–H and O–H groups in total. The van der Waals surface area contributed by atoms with Crippen LogP contribution in [0.5, 0.6) is 0 Å². The number of rotatable bonds is 3. The predicted octanol–water partition coefficient (Wildman–Crippen LogP) is 2.98. The van der Waals surface area contributed by atoms with Crippen LogP contribution in [0.15, 0.2) is 34.0 Å². The Morgan fingerprint density at radius 1 is 1.47 bits per heavy atom. The SMILES string of the molecule is C/C(=N/NC(=O)c1cc2c(s1)CCC2)c1ccco1. The number of aryl methyl sites for hydroxylation is 2. The summed E-state index contributed by atoms with van der Waals surface area (Å²) in [4.78, 5) is 14.1. The van der Waals surface area contributed by atoms with E-state index in [1.807, 2.05) is 12.1 Å². The minimum absolute atomic E-state index is 0.148. The lowest BCUT2D eigenvalue weighted by atomic mass is 10.2. The molecule has 1 aliphatic carbocycles. The molecule has 2 aromatic rings. The number of carbonyl (C=O) groups is 1. The number of hydrogen-bond donors (Lipinski definition) is 1. The summed E-state index contributed by atoms with van der Waals surface area (Å²) in [6.45, 7) is 1.80. The first-order valence-electron chi connectivity index (χ1n) is 6.24. The van der Waals surface area contributed by atoms with Gasteiger partial charge in [0.2, 0.25) is 0 Å². The molecule has 5 heteroatoms. The molecule has 0 saturated carbocycles. The molecule has 19 heavy (non-hydrogen) atoms. The molecule has 0 unspecified atom stereocenters. The minimum atomic E-state index is -0.148. The largest absolute Gasteiger partial charge is 0.463 e. The van der Waals surface area contributed by atoms with Crippen molar-refractivity contribution in [3.8, 4) is 0 Å². The molecule has 4 nitrogen and oxygen atoms in total. The predicted molar refractivity (Wildman–Crippen MR) is 74.7 cm³/mol. The van der Waals surface area contributed by atoms with Crippen LogP contribution in [0.25, 0.3) is 0 Å². The summed E-state index contributed by atoms with van der Waals surface area (Å²) >= 11 is 1.57. The van der Waals surface area contributed by atoms with E-state index in [1.54, 1.807) is 30.6 Å². The quantitative estimate of drug-likeness (QED) is 0.691. The fraction of sp³-hybridized carbons (Fsp3) is 0.286. The monoisotopic (exact) mass is 274 g/mol. The van der Waals surface area contributed by atoms with Gasteiger partial charge in [0.25, 0.3) is 5.91 Å². The Morgan fingerprint density at radius 2 is 2.37 bits per heavy atom. The van der Waals surface area contributed by atoms with E-state index in [4.69, 9.17) is 4.42 Å². The van der Waals surface area contributed by atoms with Crippen molar-refractivity contribution >= 4 is 23.0 Å². The lowest BCUT2D eigenvalue weighted by molar-refractivity contribution is 0.0959. The molecular formula is C14H14N2O2S. The van der Waals surface area contributed by atoms with Crippen molar-refractivity contribution in [2.24, 2.45) is 5.10 Å². The van der Waals surface area contributed by atoms with Crippen LogP contribution in [-0.2, 0) is 12.8 Å². The standard InChI is InChI=1S/C14H14N2O2S/c1-9(11-5-3-7-18-11)15-16-14(17)13-8-10-4-2-6-12(10)19-13/h3,5,7-8H,2,4,6H2,1H3,(H,16,17)/b15-9-. The van der Waals surface area contributed by atoms with Crippen molar-refractivity contribution in [2.75, 3.05) is 0 Å². The molecule has 1 aliphatic rings. The summed E-state index contributed by atoms with van der Waals surface area (Å²) in [5.41, 5.74) is 4.55. The molecule has 1 amide bonds. The summed E-state index contributed by atoms with van der Waals surface area (Å²) in [5, 5.41) is 4.06. The van der Waals surface area contributed by atoms with Gasteiger partial charge in [-0.3, -0.25) is 4.79 Å². The van der Waals surface area contributed by atoms with Crippen LogP contribution in [0.3, 0.4) is 0 Å². The van der Waals surface area contributed by atoms with Crippen LogP contribution >= 0.6 is 11.3 Å². The maximum Gasteiger partial charge on any atom is 0.281 e. The van der Waals surface area contributed by atoms with Crippen molar-refractivity contribution in [1.82, 2.24) is 5.43 Å². The molecule has 0 spiro atoms. The summed E-state index contributed by atoms with van der Waals surface area (Å²) in [6, 6.07) is 5.59. The zero-order chi connectivity index (χ0) is 13.2. The fourth-order valence-corrected chi connectivity index (χ4v) is 3.31. The highest BCUT2D eigenvalue weighted by Gasteiger charge is 2.18. The molecule has 2 aromatic heterocycles. The molecule has 2 heterocycles. The van der Waals surface area contributed by atoms with E-state index in [2.05, 4.69) is 10.5 Å². The van der Waals surface area contributed by atoms with Crippen molar-refractivity contribution in [3.63, 3.8) is 0 Å². The van der Waals surface area contributed by atoms with Gasteiger partial charge in [0.15, 0.2) is 0 Å². The van der Waals surface area contributed by atoms with E-state index in [-0.39, 0.29) is 5.91 Å². The van der Waals surface area contributed by atoms with Crippen molar-refractivity contribution in [2.45, 2.75) is 26.2 Å². The number of carbonyl (C=O) groups excluding carboxylic acids is 1. The second-order valence-electron chi connectivity index (χ2n) is 4.53. The van der Waals surface area contributed by atoms with Gasteiger partial charge < -0.3 is 4.42 Å². The highest BCUT2D eigenvalue weighted by atomic mass is 32.1. The lowest BCUT2D eigenvalue weighted by Crippen LogP contribution is -2.18. The number of hydrogen-bond acceptors (Lipinski definition) is 4. The van der Waals surface area contributed by atoms with E-state index < -0.39 is 0 Å². The number of furan rings is 1. The zero-order valence-corrected chi connectivity index (χ0v) is 11.4. The van der Waals surface area contributed by atoms with Crippen LogP contribution in [-0.4, -0.2) is 11.6 Å². The number of nitrogens with zero attached hydrogens (tertiary/aromatic N) is 1. The van der Waals surface area contributed by atoms with Gasteiger partial charge in [-0.1, -0.05) is 0 Å². The van der Waals surface area contributed by atoms with Crippen LogP contribution in [0.1, 0.15) is 39.2 Å². The molecule has 0 aromatic carbocycles. The first-order valence-corrected chi connectivity index (χ1v) is 7.06. The normalized spacial score (nSPS) is 14.5. The third-order valence-corrected chi connectivity index (χ3v) is 4.41. The van der Waals surface area contributed by atoms with E-state index in [0.717, 1.165) is 17.7 Å². The Bertz CT molecular complexity index is 604. The van der Waals surface area contributed by atoms with Gasteiger partial charge in [0.05, 0.1) is 11.1 Å². The third-order valence-electron chi connectivity index (χ3n) is 3.17.